The fourth-order valence-corrected chi connectivity index (χ4v) is 1.83. The first-order chi connectivity index (χ1) is 8.46. The Balaban J connectivity index is 3.30. The molecular formula is C13H16FNO3. The number of carboxylic acid groups (broad SMARTS) is 1. The lowest BCUT2D eigenvalue weighted by Crippen LogP contribution is -2.49. The van der Waals surface area contributed by atoms with Gasteiger partial charge in [0, 0.05) is 6.54 Å². The number of benzene rings is 1. The lowest BCUT2D eigenvalue weighted by atomic mass is 9.90. The summed E-state index contributed by atoms with van der Waals surface area (Å²) in [4.78, 5) is 23.7. The number of rotatable bonds is 6. The summed E-state index contributed by atoms with van der Waals surface area (Å²) in [5.74, 6) is -1.71. The van der Waals surface area contributed by atoms with Gasteiger partial charge < -0.3 is 10.0 Å². The Morgan fingerprint density at radius 1 is 1.56 bits per heavy atom. The molecule has 0 saturated carbocycles. The van der Waals surface area contributed by atoms with E-state index in [0.717, 1.165) is 6.07 Å². The quantitative estimate of drug-likeness (QED) is 0.789. The molecule has 1 N–H and O–H groups in total. The van der Waals surface area contributed by atoms with Gasteiger partial charge in [0.05, 0.1) is 0 Å². The highest BCUT2D eigenvalue weighted by atomic mass is 19.1. The van der Waals surface area contributed by atoms with Crippen LogP contribution in [0.3, 0.4) is 0 Å². The summed E-state index contributed by atoms with van der Waals surface area (Å²) >= 11 is 0. The number of carbonyl (C=O) groups is 2. The number of aliphatic carboxylic acids is 1. The molecule has 0 bridgehead atoms. The van der Waals surface area contributed by atoms with Crippen molar-refractivity contribution >= 4 is 12.4 Å². The molecule has 1 atom stereocenters. The van der Waals surface area contributed by atoms with Crippen LogP contribution < -0.4 is 0 Å². The Bertz CT molecular complexity index is 450. The largest absolute Gasteiger partial charge is 0.479 e. The predicted molar refractivity (Wildman–Crippen MR) is 64.4 cm³/mol. The molecule has 98 valence electrons. The van der Waals surface area contributed by atoms with E-state index in [2.05, 4.69) is 0 Å². The molecule has 0 spiro atoms. The summed E-state index contributed by atoms with van der Waals surface area (Å²) in [6.45, 7) is 3.53. The number of carbonyl (C=O) groups excluding carboxylic acids is 1. The normalized spacial score (nSPS) is 13.7. The van der Waals surface area contributed by atoms with Crippen molar-refractivity contribution in [1.29, 1.82) is 0 Å². The van der Waals surface area contributed by atoms with Crippen LogP contribution in [0.25, 0.3) is 0 Å². The number of amides is 1. The minimum absolute atomic E-state index is 0.246. The Hall–Kier alpha value is -1.91. The minimum Gasteiger partial charge on any atom is -0.479 e. The van der Waals surface area contributed by atoms with Gasteiger partial charge in [0.2, 0.25) is 6.41 Å². The molecule has 0 radical (unpaired) electrons. The highest BCUT2D eigenvalue weighted by Crippen LogP contribution is 2.28. The summed E-state index contributed by atoms with van der Waals surface area (Å²) in [7, 11) is 0. The second-order valence-electron chi connectivity index (χ2n) is 4.19. The summed E-state index contributed by atoms with van der Waals surface area (Å²) < 4.78 is 13.2. The van der Waals surface area contributed by atoms with Gasteiger partial charge in [0.25, 0.3) is 0 Å². The third kappa shape index (κ3) is 2.50. The average molecular weight is 253 g/mol. The summed E-state index contributed by atoms with van der Waals surface area (Å²) in [6.07, 6.45) is 1.11. The van der Waals surface area contributed by atoms with Crippen LogP contribution in [0.1, 0.15) is 25.8 Å². The summed E-state index contributed by atoms with van der Waals surface area (Å²) in [5.41, 5.74) is -1.31. The summed E-state index contributed by atoms with van der Waals surface area (Å²) in [5, 5.41) is 9.38. The first kappa shape index (κ1) is 14.2. The van der Waals surface area contributed by atoms with Crippen LogP contribution in [0.15, 0.2) is 24.3 Å². The maximum Gasteiger partial charge on any atom is 0.334 e. The van der Waals surface area contributed by atoms with Gasteiger partial charge in [-0.15, -0.1) is 0 Å². The zero-order valence-electron chi connectivity index (χ0n) is 10.4. The van der Waals surface area contributed by atoms with E-state index in [-0.39, 0.29) is 5.56 Å². The average Bonchev–Trinajstić information content (AvgIpc) is 2.34. The summed E-state index contributed by atoms with van der Waals surface area (Å²) in [6, 6.07) is 5.31. The fourth-order valence-electron chi connectivity index (χ4n) is 1.83. The van der Waals surface area contributed by atoms with Crippen LogP contribution in [0.4, 0.5) is 4.39 Å². The van der Waals surface area contributed by atoms with E-state index in [9.17, 15) is 19.1 Å². The van der Waals surface area contributed by atoms with Crippen LogP contribution in [0.5, 0.6) is 0 Å². The molecule has 18 heavy (non-hydrogen) atoms. The highest BCUT2D eigenvalue weighted by molar-refractivity contribution is 5.82. The van der Waals surface area contributed by atoms with Gasteiger partial charge in [0.1, 0.15) is 5.82 Å². The number of hydrogen-bond donors (Lipinski definition) is 1. The molecule has 1 aromatic carbocycles. The minimum atomic E-state index is -1.56. The molecular weight excluding hydrogens is 237 g/mol. The van der Waals surface area contributed by atoms with Crippen molar-refractivity contribution in [1.82, 2.24) is 4.90 Å². The third-order valence-corrected chi connectivity index (χ3v) is 2.97. The van der Waals surface area contributed by atoms with E-state index in [1.807, 2.05) is 6.92 Å². The Kier molecular flexibility index (Phi) is 4.42. The van der Waals surface area contributed by atoms with E-state index in [4.69, 9.17) is 0 Å². The van der Waals surface area contributed by atoms with Crippen LogP contribution in [0, 0.1) is 5.82 Å². The highest BCUT2D eigenvalue weighted by Gasteiger charge is 2.40. The monoisotopic (exact) mass is 253 g/mol. The topological polar surface area (TPSA) is 57.6 Å². The van der Waals surface area contributed by atoms with Gasteiger partial charge in [0.15, 0.2) is 5.54 Å². The second kappa shape index (κ2) is 5.62. The zero-order chi connectivity index (χ0) is 13.8. The molecule has 0 aliphatic carbocycles. The molecule has 4 nitrogen and oxygen atoms in total. The van der Waals surface area contributed by atoms with E-state index in [0.29, 0.717) is 19.4 Å². The number of nitrogens with zero attached hydrogens (tertiary/aromatic N) is 1. The van der Waals surface area contributed by atoms with E-state index in [1.54, 1.807) is 0 Å². The SMILES string of the molecule is CCCN(C=O)C(C)(C(=O)O)c1cccc(F)c1. The Labute approximate surface area is 105 Å². The van der Waals surface area contributed by atoms with Gasteiger partial charge in [-0.1, -0.05) is 19.1 Å². The maximum absolute atomic E-state index is 13.2. The number of carboxylic acids is 1. The van der Waals surface area contributed by atoms with Crippen molar-refractivity contribution in [3.05, 3.63) is 35.6 Å². The molecule has 0 aromatic heterocycles. The molecule has 1 amide bonds. The molecule has 1 unspecified atom stereocenters. The second-order valence-corrected chi connectivity index (χ2v) is 4.19. The third-order valence-electron chi connectivity index (χ3n) is 2.97. The first-order valence-electron chi connectivity index (χ1n) is 5.68. The zero-order valence-corrected chi connectivity index (χ0v) is 10.4. The van der Waals surface area contributed by atoms with Gasteiger partial charge in [-0.05, 0) is 31.0 Å². The molecule has 1 rings (SSSR count). The number of hydrogen-bond acceptors (Lipinski definition) is 2. The Morgan fingerprint density at radius 2 is 2.22 bits per heavy atom. The van der Waals surface area contributed by atoms with Crippen LogP contribution in [-0.2, 0) is 15.1 Å². The van der Waals surface area contributed by atoms with E-state index in [1.165, 1.54) is 30.0 Å². The van der Waals surface area contributed by atoms with E-state index < -0.39 is 17.3 Å². The molecule has 0 fully saturated rings. The van der Waals surface area contributed by atoms with Crippen molar-refractivity contribution in [2.45, 2.75) is 25.8 Å². The van der Waals surface area contributed by atoms with Crippen molar-refractivity contribution in [2.75, 3.05) is 6.54 Å². The predicted octanol–water partition coefficient (Wildman–Crippen LogP) is 1.99. The molecule has 0 heterocycles. The standard InChI is InChI=1S/C13H16FNO3/c1-3-7-15(9-16)13(2,12(17)18)10-5-4-6-11(14)8-10/h4-6,8-9H,3,7H2,1-2H3,(H,17,18). The molecule has 0 aliphatic rings. The van der Waals surface area contributed by atoms with Crippen molar-refractivity contribution in [2.24, 2.45) is 0 Å². The van der Waals surface area contributed by atoms with Crippen molar-refractivity contribution in [3.8, 4) is 0 Å². The number of halogens is 1. The van der Waals surface area contributed by atoms with Gasteiger partial charge in [-0.2, -0.15) is 0 Å². The van der Waals surface area contributed by atoms with Crippen LogP contribution in [-0.4, -0.2) is 28.9 Å². The van der Waals surface area contributed by atoms with Crippen LogP contribution in [0.2, 0.25) is 0 Å². The van der Waals surface area contributed by atoms with Crippen molar-refractivity contribution in [3.63, 3.8) is 0 Å². The van der Waals surface area contributed by atoms with Gasteiger partial charge in [-0.3, -0.25) is 4.79 Å². The Morgan fingerprint density at radius 3 is 2.67 bits per heavy atom. The maximum atomic E-state index is 13.2. The van der Waals surface area contributed by atoms with Gasteiger partial charge in [-0.25, -0.2) is 9.18 Å². The van der Waals surface area contributed by atoms with Crippen molar-refractivity contribution < 1.29 is 19.1 Å². The van der Waals surface area contributed by atoms with Crippen LogP contribution >= 0.6 is 0 Å². The fraction of sp³-hybridized carbons (Fsp3) is 0.385. The lowest BCUT2D eigenvalue weighted by molar-refractivity contribution is -0.154. The molecule has 0 aliphatic heterocycles. The molecule has 1 aromatic rings. The van der Waals surface area contributed by atoms with Gasteiger partial charge >= 0.3 is 5.97 Å². The molecule has 5 heteroatoms. The first-order valence-corrected chi connectivity index (χ1v) is 5.68. The lowest BCUT2D eigenvalue weighted by Gasteiger charge is -2.35. The van der Waals surface area contributed by atoms with E-state index >= 15 is 0 Å². The smallest absolute Gasteiger partial charge is 0.334 e. The molecule has 0 saturated heterocycles.